The van der Waals surface area contributed by atoms with E-state index in [4.69, 9.17) is 5.73 Å². The molecule has 3 nitrogen and oxygen atoms in total. The number of hydrogen-bond acceptors (Lipinski definition) is 3. The lowest BCUT2D eigenvalue weighted by Gasteiger charge is -2.37. The molecule has 2 N–H and O–H groups in total. The minimum absolute atomic E-state index is 0.334. The predicted molar refractivity (Wildman–Crippen MR) is 70.7 cm³/mol. The molecule has 0 amide bonds. The van der Waals surface area contributed by atoms with Crippen molar-refractivity contribution in [1.29, 1.82) is 0 Å². The van der Waals surface area contributed by atoms with Crippen LogP contribution in [0.3, 0.4) is 0 Å². The Morgan fingerprint density at radius 2 is 1.94 bits per heavy atom. The van der Waals surface area contributed by atoms with E-state index >= 15 is 0 Å². The summed E-state index contributed by atoms with van der Waals surface area (Å²) in [6.45, 7) is 0.678. The molecule has 94 valence electrons. The lowest BCUT2D eigenvalue weighted by molar-refractivity contribution is 0.140. The van der Waals surface area contributed by atoms with Crippen molar-refractivity contribution in [2.45, 2.75) is 44.2 Å². The Balaban J connectivity index is 2.07. The summed E-state index contributed by atoms with van der Waals surface area (Å²) >= 11 is 0. The van der Waals surface area contributed by atoms with Gasteiger partial charge in [0.2, 0.25) is 0 Å². The average molecular weight is 233 g/mol. The van der Waals surface area contributed by atoms with Gasteiger partial charge in [0.25, 0.3) is 0 Å². The van der Waals surface area contributed by atoms with Gasteiger partial charge in [-0.3, -0.25) is 9.88 Å². The van der Waals surface area contributed by atoms with E-state index in [1.165, 1.54) is 37.7 Å². The molecule has 2 rings (SSSR count). The summed E-state index contributed by atoms with van der Waals surface area (Å²) in [5, 5.41) is 0. The maximum absolute atomic E-state index is 5.95. The Kier molecular flexibility index (Phi) is 4.51. The zero-order valence-corrected chi connectivity index (χ0v) is 10.7. The van der Waals surface area contributed by atoms with Gasteiger partial charge < -0.3 is 5.73 Å². The van der Waals surface area contributed by atoms with Crippen LogP contribution in [0.4, 0.5) is 0 Å². The standard InChI is InChI=1S/C14H23N3/c1-17(13-5-3-2-4-6-13)14(11-15)12-7-9-16-10-8-12/h7-10,13-14H,2-6,11,15H2,1H3. The van der Waals surface area contributed by atoms with Gasteiger partial charge >= 0.3 is 0 Å². The lowest BCUT2D eigenvalue weighted by Crippen LogP contribution is -2.39. The highest BCUT2D eigenvalue weighted by atomic mass is 15.2. The van der Waals surface area contributed by atoms with Crippen LogP contribution in [-0.4, -0.2) is 29.5 Å². The van der Waals surface area contributed by atoms with E-state index in [0.717, 1.165) is 0 Å². The van der Waals surface area contributed by atoms with E-state index in [2.05, 4.69) is 29.1 Å². The molecule has 1 aliphatic rings. The van der Waals surface area contributed by atoms with E-state index in [0.29, 0.717) is 18.6 Å². The van der Waals surface area contributed by atoms with Crippen molar-refractivity contribution < 1.29 is 0 Å². The molecule has 1 fully saturated rings. The number of nitrogens with zero attached hydrogens (tertiary/aromatic N) is 2. The van der Waals surface area contributed by atoms with Crippen LogP contribution >= 0.6 is 0 Å². The maximum Gasteiger partial charge on any atom is 0.0471 e. The van der Waals surface area contributed by atoms with Gasteiger partial charge in [-0.2, -0.15) is 0 Å². The van der Waals surface area contributed by atoms with Crippen LogP contribution in [0.2, 0.25) is 0 Å². The highest BCUT2D eigenvalue weighted by Gasteiger charge is 2.24. The summed E-state index contributed by atoms with van der Waals surface area (Å²) in [6.07, 6.45) is 10.5. The summed E-state index contributed by atoms with van der Waals surface area (Å²) in [4.78, 5) is 6.54. The molecule has 0 aromatic carbocycles. The second-order valence-electron chi connectivity index (χ2n) is 4.99. The summed E-state index contributed by atoms with van der Waals surface area (Å²) in [5.41, 5.74) is 7.24. The fourth-order valence-electron chi connectivity index (χ4n) is 2.87. The van der Waals surface area contributed by atoms with Gasteiger partial charge in [-0.1, -0.05) is 19.3 Å². The quantitative estimate of drug-likeness (QED) is 0.868. The third kappa shape index (κ3) is 3.05. The van der Waals surface area contributed by atoms with Crippen LogP contribution in [0.15, 0.2) is 24.5 Å². The van der Waals surface area contributed by atoms with Crippen LogP contribution in [0.5, 0.6) is 0 Å². The average Bonchev–Trinajstić information content (AvgIpc) is 2.42. The Bertz CT molecular complexity index is 319. The highest BCUT2D eigenvalue weighted by molar-refractivity contribution is 5.15. The molecule has 3 heteroatoms. The summed E-state index contributed by atoms with van der Waals surface area (Å²) in [6, 6.07) is 5.19. The molecule has 17 heavy (non-hydrogen) atoms. The number of rotatable bonds is 4. The Hall–Kier alpha value is -0.930. The van der Waals surface area contributed by atoms with Gasteiger partial charge in [-0.15, -0.1) is 0 Å². The van der Waals surface area contributed by atoms with E-state index in [9.17, 15) is 0 Å². The summed E-state index contributed by atoms with van der Waals surface area (Å²) in [7, 11) is 2.22. The van der Waals surface area contributed by atoms with Crippen LogP contribution in [0, 0.1) is 0 Å². The molecule has 0 aliphatic heterocycles. The SMILES string of the molecule is CN(C1CCCCC1)C(CN)c1ccncc1. The maximum atomic E-state index is 5.95. The molecule has 0 bridgehead atoms. The second-order valence-corrected chi connectivity index (χ2v) is 4.99. The zero-order valence-electron chi connectivity index (χ0n) is 10.7. The second kappa shape index (κ2) is 6.12. The first-order valence-electron chi connectivity index (χ1n) is 6.65. The first-order valence-corrected chi connectivity index (χ1v) is 6.65. The van der Waals surface area contributed by atoms with Crippen molar-refractivity contribution >= 4 is 0 Å². The van der Waals surface area contributed by atoms with Crippen molar-refractivity contribution in [3.63, 3.8) is 0 Å². The van der Waals surface area contributed by atoms with Gasteiger partial charge in [0.05, 0.1) is 0 Å². The highest BCUT2D eigenvalue weighted by Crippen LogP contribution is 2.28. The summed E-state index contributed by atoms with van der Waals surface area (Å²) < 4.78 is 0. The topological polar surface area (TPSA) is 42.1 Å². The van der Waals surface area contributed by atoms with E-state index < -0.39 is 0 Å². The van der Waals surface area contributed by atoms with Crippen molar-refractivity contribution in [2.75, 3.05) is 13.6 Å². The van der Waals surface area contributed by atoms with Crippen LogP contribution in [-0.2, 0) is 0 Å². The molecule has 1 saturated carbocycles. The third-order valence-electron chi connectivity index (χ3n) is 3.96. The van der Waals surface area contributed by atoms with Crippen LogP contribution < -0.4 is 5.73 Å². The van der Waals surface area contributed by atoms with Crippen molar-refractivity contribution in [1.82, 2.24) is 9.88 Å². The summed E-state index contributed by atoms with van der Waals surface area (Å²) in [5.74, 6) is 0. The van der Waals surface area contributed by atoms with Crippen LogP contribution in [0.1, 0.15) is 43.7 Å². The van der Waals surface area contributed by atoms with Crippen molar-refractivity contribution in [2.24, 2.45) is 5.73 Å². The molecule has 1 aliphatic carbocycles. The van der Waals surface area contributed by atoms with Gasteiger partial charge in [0, 0.05) is 31.0 Å². The van der Waals surface area contributed by atoms with Crippen molar-refractivity contribution in [3.05, 3.63) is 30.1 Å². The molecule has 1 aromatic rings. The molecule has 0 saturated heterocycles. The molecular weight excluding hydrogens is 210 g/mol. The minimum Gasteiger partial charge on any atom is -0.329 e. The minimum atomic E-state index is 0.334. The van der Waals surface area contributed by atoms with Crippen LogP contribution in [0.25, 0.3) is 0 Å². The smallest absolute Gasteiger partial charge is 0.0471 e. The molecule has 1 unspecified atom stereocenters. The molecule has 0 radical (unpaired) electrons. The number of nitrogens with two attached hydrogens (primary N) is 1. The number of hydrogen-bond donors (Lipinski definition) is 1. The molecule has 0 spiro atoms. The number of aromatic nitrogens is 1. The molecular formula is C14H23N3. The predicted octanol–water partition coefficient (Wildman–Crippen LogP) is 2.35. The first-order chi connectivity index (χ1) is 8.33. The number of likely N-dealkylation sites (N-methyl/N-ethyl adjacent to an activating group) is 1. The number of pyridine rings is 1. The van der Waals surface area contributed by atoms with E-state index in [1.807, 2.05) is 12.4 Å². The van der Waals surface area contributed by atoms with E-state index in [1.54, 1.807) is 0 Å². The lowest BCUT2D eigenvalue weighted by atomic mass is 9.92. The molecule has 1 heterocycles. The zero-order chi connectivity index (χ0) is 12.1. The Morgan fingerprint density at radius 1 is 1.29 bits per heavy atom. The molecule has 1 aromatic heterocycles. The Morgan fingerprint density at radius 3 is 2.53 bits per heavy atom. The first kappa shape index (κ1) is 12.5. The van der Waals surface area contributed by atoms with Gasteiger partial charge in [-0.25, -0.2) is 0 Å². The van der Waals surface area contributed by atoms with Gasteiger partial charge in [-0.05, 0) is 37.6 Å². The monoisotopic (exact) mass is 233 g/mol. The Labute approximate surface area is 104 Å². The third-order valence-corrected chi connectivity index (χ3v) is 3.96. The van der Waals surface area contributed by atoms with Gasteiger partial charge in [0.1, 0.15) is 0 Å². The normalized spacial score (nSPS) is 19.5. The largest absolute Gasteiger partial charge is 0.329 e. The van der Waals surface area contributed by atoms with E-state index in [-0.39, 0.29) is 0 Å². The fraction of sp³-hybridized carbons (Fsp3) is 0.643. The van der Waals surface area contributed by atoms with Crippen molar-refractivity contribution in [3.8, 4) is 0 Å². The van der Waals surface area contributed by atoms with Gasteiger partial charge in [0.15, 0.2) is 0 Å². The molecule has 1 atom stereocenters. The fourth-order valence-corrected chi connectivity index (χ4v) is 2.87.